The van der Waals surface area contributed by atoms with Gasteiger partial charge in [0.2, 0.25) is 5.95 Å². The van der Waals surface area contributed by atoms with Crippen molar-refractivity contribution in [2.24, 2.45) is 0 Å². The first kappa shape index (κ1) is 12.3. The summed E-state index contributed by atoms with van der Waals surface area (Å²) in [5.74, 6) is 0.931. The molecule has 1 N–H and O–H groups in total. The van der Waals surface area contributed by atoms with Crippen molar-refractivity contribution in [3.05, 3.63) is 18.0 Å². The zero-order chi connectivity index (χ0) is 13.0. The third kappa shape index (κ3) is 2.73. The second kappa shape index (κ2) is 5.44. The highest BCUT2D eigenvalue weighted by Gasteiger charge is 2.08. The number of ether oxygens (including phenoxy) is 1. The van der Waals surface area contributed by atoms with Gasteiger partial charge in [0.25, 0.3) is 5.95 Å². The van der Waals surface area contributed by atoms with Crippen molar-refractivity contribution < 1.29 is 4.74 Å². The van der Waals surface area contributed by atoms with Crippen LogP contribution in [0.5, 0.6) is 6.01 Å². The van der Waals surface area contributed by atoms with Gasteiger partial charge in [-0.1, -0.05) is 6.92 Å². The first-order valence-corrected chi connectivity index (χ1v) is 5.79. The number of anilines is 1. The molecular formula is C11H16N6O. The number of rotatable bonds is 5. The molecule has 0 bridgehead atoms. The molecule has 0 amide bonds. The van der Waals surface area contributed by atoms with Crippen molar-refractivity contribution >= 4 is 5.95 Å². The van der Waals surface area contributed by atoms with E-state index in [1.165, 1.54) is 7.11 Å². The average Bonchev–Trinajstić information content (AvgIpc) is 2.82. The van der Waals surface area contributed by atoms with Gasteiger partial charge in [0.15, 0.2) is 0 Å². The molecule has 7 heteroatoms. The molecule has 0 saturated heterocycles. The van der Waals surface area contributed by atoms with Crippen LogP contribution in [0, 0.1) is 6.92 Å². The molecule has 0 aliphatic carbocycles. The molecule has 2 heterocycles. The van der Waals surface area contributed by atoms with Crippen molar-refractivity contribution in [2.75, 3.05) is 19.0 Å². The fourth-order valence-electron chi connectivity index (χ4n) is 1.38. The topological polar surface area (TPSA) is 77.8 Å². The molecule has 7 nitrogen and oxygen atoms in total. The summed E-state index contributed by atoms with van der Waals surface area (Å²) in [4.78, 5) is 12.6. The zero-order valence-corrected chi connectivity index (χ0v) is 10.7. The van der Waals surface area contributed by atoms with Gasteiger partial charge in [-0.2, -0.15) is 20.1 Å². The second-order valence-electron chi connectivity index (χ2n) is 3.77. The highest BCUT2D eigenvalue weighted by molar-refractivity contribution is 5.30. The van der Waals surface area contributed by atoms with E-state index in [4.69, 9.17) is 4.74 Å². The third-order valence-corrected chi connectivity index (χ3v) is 2.25. The van der Waals surface area contributed by atoms with E-state index in [9.17, 15) is 0 Å². The van der Waals surface area contributed by atoms with Gasteiger partial charge in [0, 0.05) is 12.7 Å². The molecule has 0 unspecified atom stereocenters. The quantitative estimate of drug-likeness (QED) is 0.856. The Kier molecular flexibility index (Phi) is 3.71. The number of nitrogens with zero attached hydrogens (tertiary/aromatic N) is 5. The Morgan fingerprint density at radius 1 is 1.33 bits per heavy atom. The molecule has 0 saturated carbocycles. The first-order chi connectivity index (χ1) is 8.72. The number of methoxy groups -OCH3 is 1. The van der Waals surface area contributed by atoms with E-state index in [2.05, 4.69) is 32.3 Å². The predicted molar refractivity (Wildman–Crippen MR) is 67.0 cm³/mol. The number of hydrogen-bond acceptors (Lipinski definition) is 6. The van der Waals surface area contributed by atoms with Gasteiger partial charge in [0.1, 0.15) is 0 Å². The lowest BCUT2D eigenvalue weighted by Crippen LogP contribution is -2.11. The summed E-state index contributed by atoms with van der Waals surface area (Å²) in [5, 5.41) is 7.36. The molecule has 0 fully saturated rings. The maximum Gasteiger partial charge on any atom is 0.322 e. The molecule has 0 aliphatic heterocycles. The lowest BCUT2D eigenvalue weighted by Gasteiger charge is -2.07. The Bertz CT molecular complexity index is 524. The van der Waals surface area contributed by atoms with E-state index in [0.717, 1.165) is 18.7 Å². The van der Waals surface area contributed by atoms with Gasteiger partial charge in [-0.3, -0.25) is 0 Å². The van der Waals surface area contributed by atoms with E-state index in [0.29, 0.717) is 11.9 Å². The van der Waals surface area contributed by atoms with Crippen molar-refractivity contribution in [3.8, 4) is 12.0 Å². The van der Waals surface area contributed by atoms with E-state index in [-0.39, 0.29) is 6.01 Å². The summed E-state index contributed by atoms with van der Waals surface area (Å²) in [7, 11) is 1.52. The van der Waals surface area contributed by atoms with Gasteiger partial charge in [0.05, 0.1) is 12.8 Å². The summed E-state index contributed by atoms with van der Waals surface area (Å²) in [6.07, 6.45) is 2.79. The van der Waals surface area contributed by atoms with Crippen LogP contribution in [0.15, 0.2) is 12.3 Å². The molecule has 0 atom stereocenters. The highest BCUT2D eigenvalue weighted by Crippen LogP contribution is 2.10. The number of hydrogen-bond donors (Lipinski definition) is 1. The summed E-state index contributed by atoms with van der Waals surface area (Å²) in [5.41, 5.74) is 0.900. The van der Waals surface area contributed by atoms with Gasteiger partial charge in [-0.05, 0) is 19.4 Å². The van der Waals surface area contributed by atoms with Crippen LogP contribution in [0.1, 0.15) is 19.0 Å². The van der Waals surface area contributed by atoms with Crippen LogP contribution in [0.4, 0.5) is 5.95 Å². The van der Waals surface area contributed by atoms with Gasteiger partial charge in [-0.15, -0.1) is 0 Å². The molecule has 2 rings (SSSR count). The van der Waals surface area contributed by atoms with Crippen LogP contribution in [0.25, 0.3) is 5.95 Å². The molecule has 18 heavy (non-hydrogen) atoms. The first-order valence-electron chi connectivity index (χ1n) is 5.79. The molecule has 96 valence electrons. The molecular weight excluding hydrogens is 232 g/mol. The minimum absolute atomic E-state index is 0.270. The number of nitrogens with one attached hydrogen (secondary N) is 1. The Morgan fingerprint density at radius 2 is 2.17 bits per heavy atom. The SMILES string of the molecule is CCCNc1nc(OC)nc(-n2ccc(C)n2)n1. The zero-order valence-electron chi connectivity index (χ0n) is 10.7. The van der Waals surface area contributed by atoms with Crippen molar-refractivity contribution in [1.29, 1.82) is 0 Å². The van der Waals surface area contributed by atoms with Crippen LogP contribution in [0.3, 0.4) is 0 Å². The van der Waals surface area contributed by atoms with Crippen molar-refractivity contribution in [1.82, 2.24) is 24.7 Å². The summed E-state index contributed by atoms with van der Waals surface area (Å²) in [6.45, 7) is 4.78. The van der Waals surface area contributed by atoms with Crippen LogP contribution in [0.2, 0.25) is 0 Å². The Hall–Kier alpha value is -2.18. The maximum atomic E-state index is 5.06. The van der Waals surface area contributed by atoms with E-state index < -0.39 is 0 Å². The summed E-state index contributed by atoms with van der Waals surface area (Å²) >= 11 is 0. The van der Waals surface area contributed by atoms with Crippen LogP contribution in [-0.2, 0) is 0 Å². The maximum absolute atomic E-state index is 5.06. The molecule has 0 aromatic carbocycles. The van der Waals surface area contributed by atoms with E-state index in [1.54, 1.807) is 10.9 Å². The van der Waals surface area contributed by atoms with Crippen LogP contribution >= 0.6 is 0 Å². The largest absolute Gasteiger partial charge is 0.467 e. The lowest BCUT2D eigenvalue weighted by atomic mass is 10.5. The molecule has 0 aliphatic rings. The highest BCUT2D eigenvalue weighted by atomic mass is 16.5. The van der Waals surface area contributed by atoms with Crippen molar-refractivity contribution in [3.63, 3.8) is 0 Å². The summed E-state index contributed by atoms with van der Waals surface area (Å²) < 4.78 is 6.65. The monoisotopic (exact) mass is 248 g/mol. The average molecular weight is 248 g/mol. The van der Waals surface area contributed by atoms with Gasteiger partial charge in [-0.25, -0.2) is 4.68 Å². The molecule has 0 radical (unpaired) electrons. The Balaban J connectivity index is 2.34. The smallest absolute Gasteiger partial charge is 0.322 e. The fourth-order valence-corrected chi connectivity index (χ4v) is 1.38. The van der Waals surface area contributed by atoms with Crippen LogP contribution in [-0.4, -0.2) is 38.4 Å². The van der Waals surface area contributed by atoms with Gasteiger partial charge >= 0.3 is 6.01 Å². The van der Waals surface area contributed by atoms with Gasteiger partial charge < -0.3 is 10.1 Å². The lowest BCUT2D eigenvalue weighted by molar-refractivity contribution is 0.377. The Labute approximate surface area is 105 Å². The van der Waals surface area contributed by atoms with Crippen molar-refractivity contribution in [2.45, 2.75) is 20.3 Å². The molecule has 0 spiro atoms. The summed E-state index contributed by atoms with van der Waals surface area (Å²) in [6, 6.07) is 2.15. The second-order valence-corrected chi connectivity index (χ2v) is 3.77. The third-order valence-electron chi connectivity index (χ3n) is 2.25. The molecule has 2 aromatic rings. The molecule has 2 aromatic heterocycles. The fraction of sp³-hybridized carbons (Fsp3) is 0.455. The number of aromatic nitrogens is 5. The Morgan fingerprint density at radius 3 is 2.78 bits per heavy atom. The van der Waals surface area contributed by atoms with E-state index >= 15 is 0 Å². The van der Waals surface area contributed by atoms with E-state index in [1.807, 2.05) is 13.0 Å². The predicted octanol–water partition coefficient (Wildman–Crippen LogP) is 1.20. The number of aryl methyl sites for hydroxylation is 1. The minimum atomic E-state index is 0.270. The standard InChI is InChI=1S/C11H16N6O/c1-4-6-12-9-13-10(15-11(14-9)18-3)17-7-5-8(2)16-17/h5,7H,4,6H2,1-3H3,(H,12,13,14,15). The normalized spacial score (nSPS) is 10.4. The van der Waals surface area contributed by atoms with Crippen LogP contribution < -0.4 is 10.1 Å². The minimum Gasteiger partial charge on any atom is -0.467 e.